The largest absolute Gasteiger partial charge is 0.410 e. The molecule has 1 fully saturated rings. The summed E-state index contributed by atoms with van der Waals surface area (Å²) in [5.74, 6) is -0.765. The molecule has 1 aromatic rings. The van der Waals surface area contributed by atoms with Gasteiger partial charge in [0.05, 0.1) is 6.54 Å². The minimum absolute atomic E-state index is 0.0306. The summed E-state index contributed by atoms with van der Waals surface area (Å²) in [6, 6.07) is 9.25. The number of oxime groups is 1. The van der Waals surface area contributed by atoms with Crippen molar-refractivity contribution in [1.29, 1.82) is 0 Å². The lowest BCUT2D eigenvalue weighted by Gasteiger charge is -2.35. The number of carbonyl (C=O) groups excluding carboxylic acids is 2. The molecule has 5 nitrogen and oxygen atoms in total. The standard InChI is InChI=1S/C14H16N2O3/c1-14(2)8-11(17)16(13(18)12(14)15-19)9-10-6-4-3-5-7-10/h3-7,19H,8-9H2,1-2H3/b15-12-. The second kappa shape index (κ2) is 4.84. The van der Waals surface area contributed by atoms with Gasteiger partial charge in [0.15, 0.2) is 5.71 Å². The van der Waals surface area contributed by atoms with E-state index in [4.69, 9.17) is 5.21 Å². The molecule has 2 rings (SSSR count). The van der Waals surface area contributed by atoms with Crippen molar-refractivity contribution >= 4 is 17.5 Å². The minimum atomic E-state index is -0.726. The third kappa shape index (κ3) is 2.50. The van der Waals surface area contributed by atoms with Crippen LogP contribution in [-0.4, -0.2) is 27.6 Å². The average Bonchev–Trinajstić information content (AvgIpc) is 2.35. The fraction of sp³-hybridized carbons (Fsp3) is 0.357. The van der Waals surface area contributed by atoms with Gasteiger partial charge < -0.3 is 5.21 Å². The molecule has 1 aromatic carbocycles. The lowest BCUT2D eigenvalue weighted by Crippen LogP contribution is -2.52. The first-order chi connectivity index (χ1) is 8.95. The SMILES string of the molecule is CC1(C)CC(=O)N(Cc2ccccc2)C(=O)/C1=N/O. The van der Waals surface area contributed by atoms with Crippen molar-refractivity contribution < 1.29 is 14.8 Å². The number of hydrogen-bond acceptors (Lipinski definition) is 4. The van der Waals surface area contributed by atoms with E-state index in [1.165, 1.54) is 0 Å². The number of amides is 2. The fourth-order valence-electron chi connectivity index (χ4n) is 2.19. The maximum atomic E-state index is 12.2. The van der Waals surface area contributed by atoms with Crippen molar-refractivity contribution in [3.8, 4) is 0 Å². The van der Waals surface area contributed by atoms with Gasteiger partial charge in [-0.25, -0.2) is 0 Å². The Balaban J connectivity index is 2.27. The van der Waals surface area contributed by atoms with Crippen LogP contribution in [0.4, 0.5) is 0 Å². The number of likely N-dealkylation sites (tertiary alicyclic amines) is 1. The molecule has 1 N–H and O–H groups in total. The van der Waals surface area contributed by atoms with Gasteiger partial charge >= 0.3 is 0 Å². The Kier molecular flexibility index (Phi) is 3.38. The Bertz CT molecular complexity index is 535. The summed E-state index contributed by atoms with van der Waals surface area (Å²) in [6.07, 6.45) is 0.158. The van der Waals surface area contributed by atoms with E-state index >= 15 is 0 Å². The second-order valence-electron chi connectivity index (χ2n) is 5.28. The van der Waals surface area contributed by atoms with E-state index in [1.807, 2.05) is 30.3 Å². The molecular weight excluding hydrogens is 244 g/mol. The third-order valence-electron chi connectivity index (χ3n) is 3.27. The van der Waals surface area contributed by atoms with Crippen LogP contribution in [0.3, 0.4) is 0 Å². The highest BCUT2D eigenvalue weighted by molar-refractivity contribution is 6.44. The third-order valence-corrected chi connectivity index (χ3v) is 3.27. The number of hydrogen-bond donors (Lipinski definition) is 1. The van der Waals surface area contributed by atoms with Crippen molar-refractivity contribution in [1.82, 2.24) is 4.90 Å². The van der Waals surface area contributed by atoms with Crippen molar-refractivity contribution in [2.75, 3.05) is 0 Å². The summed E-state index contributed by atoms with van der Waals surface area (Å²) in [4.78, 5) is 25.4. The lowest BCUT2D eigenvalue weighted by molar-refractivity contribution is -0.145. The van der Waals surface area contributed by atoms with E-state index in [1.54, 1.807) is 13.8 Å². The predicted octanol–water partition coefficient (Wildman–Crippen LogP) is 1.80. The molecule has 0 unspecified atom stereocenters. The van der Waals surface area contributed by atoms with E-state index < -0.39 is 11.3 Å². The number of piperidine rings is 1. The van der Waals surface area contributed by atoms with Crippen LogP contribution in [0.2, 0.25) is 0 Å². The highest BCUT2D eigenvalue weighted by atomic mass is 16.4. The van der Waals surface area contributed by atoms with Crippen LogP contribution in [0.15, 0.2) is 35.5 Å². The average molecular weight is 260 g/mol. The zero-order valence-corrected chi connectivity index (χ0v) is 11.0. The molecule has 0 atom stereocenters. The van der Waals surface area contributed by atoms with Gasteiger partial charge in [0, 0.05) is 11.8 Å². The number of benzene rings is 1. The van der Waals surface area contributed by atoms with Gasteiger partial charge in [-0.2, -0.15) is 0 Å². The Labute approximate surface area is 111 Å². The Hall–Kier alpha value is -2.17. The summed E-state index contributed by atoms with van der Waals surface area (Å²) in [6.45, 7) is 3.64. The van der Waals surface area contributed by atoms with Crippen LogP contribution in [0.1, 0.15) is 25.8 Å². The van der Waals surface area contributed by atoms with E-state index in [-0.39, 0.29) is 24.6 Å². The van der Waals surface area contributed by atoms with Crippen LogP contribution in [-0.2, 0) is 16.1 Å². The van der Waals surface area contributed by atoms with Gasteiger partial charge in [-0.3, -0.25) is 14.5 Å². The molecule has 0 radical (unpaired) electrons. The molecule has 1 aliphatic rings. The zero-order chi connectivity index (χ0) is 14.0. The Morgan fingerprint density at radius 2 is 1.89 bits per heavy atom. The van der Waals surface area contributed by atoms with Crippen molar-refractivity contribution in [3.63, 3.8) is 0 Å². The molecule has 5 heteroatoms. The molecule has 19 heavy (non-hydrogen) atoms. The van der Waals surface area contributed by atoms with Gasteiger partial charge in [-0.05, 0) is 5.56 Å². The normalized spacial score (nSPS) is 20.9. The number of rotatable bonds is 2. The molecule has 100 valence electrons. The fourth-order valence-corrected chi connectivity index (χ4v) is 2.19. The van der Waals surface area contributed by atoms with E-state index in [2.05, 4.69) is 5.16 Å². The van der Waals surface area contributed by atoms with Crippen LogP contribution in [0.25, 0.3) is 0 Å². The van der Waals surface area contributed by atoms with E-state index in [0.29, 0.717) is 0 Å². The van der Waals surface area contributed by atoms with Crippen molar-refractivity contribution in [2.45, 2.75) is 26.8 Å². The lowest BCUT2D eigenvalue weighted by atomic mass is 9.79. The van der Waals surface area contributed by atoms with Gasteiger partial charge in [0.1, 0.15) is 0 Å². The first kappa shape index (κ1) is 13.3. The summed E-state index contributed by atoms with van der Waals surface area (Å²) in [5.41, 5.74) is 0.167. The van der Waals surface area contributed by atoms with E-state index in [9.17, 15) is 9.59 Å². The van der Waals surface area contributed by atoms with Crippen LogP contribution < -0.4 is 0 Å². The summed E-state index contributed by atoms with van der Waals surface area (Å²) in [7, 11) is 0. The zero-order valence-electron chi connectivity index (χ0n) is 11.0. The highest BCUT2D eigenvalue weighted by Gasteiger charge is 2.44. The summed E-state index contributed by atoms with van der Waals surface area (Å²) in [5, 5.41) is 12.1. The van der Waals surface area contributed by atoms with Crippen LogP contribution in [0.5, 0.6) is 0 Å². The minimum Gasteiger partial charge on any atom is -0.410 e. The molecular formula is C14H16N2O3. The number of carbonyl (C=O) groups is 2. The molecule has 0 bridgehead atoms. The predicted molar refractivity (Wildman–Crippen MR) is 69.6 cm³/mol. The molecule has 2 amide bonds. The van der Waals surface area contributed by atoms with Gasteiger partial charge in [-0.1, -0.05) is 49.3 Å². The van der Waals surface area contributed by atoms with E-state index in [0.717, 1.165) is 10.5 Å². The molecule has 1 saturated heterocycles. The maximum Gasteiger partial charge on any atom is 0.279 e. The molecule has 0 aromatic heterocycles. The maximum absolute atomic E-state index is 12.2. The monoisotopic (exact) mass is 260 g/mol. The number of nitrogens with zero attached hydrogens (tertiary/aromatic N) is 2. The topological polar surface area (TPSA) is 70.0 Å². The molecule has 0 aliphatic carbocycles. The van der Waals surface area contributed by atoms with Gasteiger partial charge in [0.25, 0.3) is 5.91 Å². The summed E-state index contributed by atoms with van der Waals surface area (Å²) < 4.78 is 0. The summed E-state index contributed by atoms with van der Waals surface area (Å²) >= 11 is 0. The molecule has 1 aliphatic heterocycles. The van der Waals surface area contributed by atoms with Crippen molar-refractivity contribution in [2.24, 2.45) is 10.6 Å². The van der Waals surface area contributed by atoms with Crippen LogP contribution in [0, 0.1) is 5.41 Å². The first-order valence-corrected chi connectivity index (χ1v) is 6.07. The van der Waals surface area contributed by atoms with Gasteiger partial charge in [0.2, 0.25) is 5.91 Å². The molecule has 1 heterocycles. The van der Waals surface area contributed by atoms with Gasteiger partial charge in [-0.15, -0.1) is 0 Å². The molecule has 0 saturated carbocycles. The first-order valence-electron chi connectivity index (χ1n) is 6.07. The van der Waals surface area contributed by atoms with Crippen LogP contribution >= 0.6 is 0 Å². The highest BCUT2D eigenvalue weighted by Crippen LogP contribution is 2.30. The Morgan fingerprint density at radius 3 is 2.47 bits per heavy atom. The quantitative estimate of drug-likeness (QED) is 0.501. The second-order valence-corrected chi connectivity index (χ2v) is 5.28. The van der Waals surface area contributed by atoms with Crippen molar-refractivity contribution in [3.05, 3.63) is 35.9 Å². The Morgan fingerprint density at radius 1 is 1.26 bits per heavy atom. The molecule has 0 spiro atoms. The smallest absolute Gasteiger partial charge is 0.279 e. The number of imide groups is 1.